The molecule has 162 valence electrons. The van der Waals surface area contributed by atoms with E-state index in [2.05, 4.69) is 27.8 Å². The molecule has 0 aliphatic rings. The number of nitrogens with zero attached hydrogens (tertiary/aromatic N) is 1. The van der Waals surface area contributed by atoms with E-state index in [1.807, 2.05) is 43.5 Å². The van der Waals surface area contributed by atoms with Crippen molar-refractivity contribution in [3.8, 4) is 17.0 Å². The largest absolute Gasteiger partial charge is 0.494 e. The minimum atomic E-state index is -0.193. The lowest BCUT2D eigenvalue weighted by Gasteiger charge is -2.08. The van der Waals surface area contributed by atoms with Crippen LogP contribution in [0, 0.1) is 6.92 Å². The third-order valence-corrected chi connectivity index (χ3v) is 5.49. The van der Waals surface area contributed by atoms with Crippen LogP contribution in [0.1, 0.15) is 41.8 Å². The molecule has 2 amide bonds. The quantitative estimate of drug-likeness (QED) is 0.470. The van der Waals surface area contributed by atoms with Gasteiger partial charge in [0.15, 0.2) is 5.13 Å². The van der Waals surface area contributed by atoms with Crippen LogP contribution in [0.15, 0.2) is 47.8 Å². The van der Waals surface area contributed by atoms with Crippen LogP contribution in [0.5, 0.6) is 5.75 Å². The number of anilines is 1. The van der Waals surface area contributed by atoms with Crippen molar-refractivity contribution in [3.63, 3.8) is 0 Å². The van der Waals surface area contributed by atoms with E-state index in [-0.39, 0.29) is 11.8 Å². The molecule has 0 atom stereocenters. The second-order valence-electron chi connectivity index (χ2n) is 7.19. The maximum absolute atomic E-state index is 12.6. The Morgan fingerprint density at radius 2 is 1.90 bits per heavy atom. The summed E-state index contributed by atoms with van der Waals surface area (Å²) < 4.78 is 5.53. The second kappa shape index (κ2) is 10.7. The number of benzene rings is 2. The zero-order valence-corrected chi connectivity index (χ0v) is 18.8. The molecule has 6 nitrogen and oxygen atoms in total. The molecule has 0 saturated heterocycles. The molecular formula is C24H27N3O3S. The Morgan fingerprint density at radius 1 is 1.13 bits per heavy atom. The first-order valence-electron chi connectivity index (χ1n) is 10.3. The lowest BCUT2D eigenvalue weighted by Crippen LogP contribution is -2.21. The number of hydrogen-bond acceptors (Lipinski definition) is 5. The zero-order chi connectivity index (χ0) is 22.2. The molecule has 0 saturated carbocycles. The number of ether oxygens (including phenoxy) is 1. The number of nitrogens with one attached hydrogen (secondary N) is 2. The number of carbonyl (C=O) groups excluding carboxylic acids is 2. The number of thiazole rings is 1. The van der Waals surface area contributed by atoms with E-state index in [1.54, 1.807) is 6.07 Å². The molecule has 0 aliphatic heterocycles. The topological polar surface area (TPSA) is 80.3 Å². The summed E-state index contributed by atoms with van der Waals surface area (Å²) in [7, 11) is 0. The number of rotatable bonds is 9. The molecule has 3 rings (SSSR count). The Morgan fingerprint density at radius 3 is 2.58 bits per heavy atom. The molecule has 0 spiro atoms. The van der Waals surface area contributed by atoms with Crippen LogP contribution in [0.3, 0.4) is 0 Å². The van der Waals surface area contributed by atoms with Gasteiger partial charge in [0.05, 0.1) is 12.3 Å². The zero-order valence-electron chi connectivity index (χ0n) is 18.0. The summed E-state index contributed by atoms with van der Waals surface area (Å²) in [5.74, 6) is 0.593. The Kier molecular flexibility index (Phi) is 7.78. The van der Waals surface area contributed by atoms with Gasteiger partial charge in [-0.1, -0.05) is 24.3 Å². The third kappa shape index (κ3) is 6.39. The first-order chi connectivity index (χ1) is 15.0. The molecule has 0 radical (unpaired) electrons. The second-order valence-corrected chi connectivity index (χ2v) is 8.05. The summed E-state index contributed by atoms with van der Waals surface area (Å²) in [6, 6.07) is 13.6. The smallest absolute Gasteiger partial charge is 0.257 e. The van der Waals surface area contributed by atoms with Crippen molar-refractivity contribution >= 4 is 28.3 Å². The third-order valence-electron chi connectivity index (χ3n) is 4.73. The first kappa shape index (κ1) is 22.5. The van der Waals surface area contributed by atoms with Crippen molar-refractivity contribution in [1.29, 1.82) is 0 Å². The molecule has 0 fully saturated rings. The van der Waals surface area contributed by atoms with Crippen LogP contribution >= 0.6 is 11.3 Å². The van der Waals surface area contributed by atoms with Crippen LogP contribution in [0.4, 0.5) is 5.13 Å². The van der Waals surface area contributed by atoms with Crippen LogP contribution in [0.25, 0.3) is 11.3 Å². The van der Waals surface area contributed by atoms with E-state index >= 15 is 0 Å². The fourth-order valence-corrected chi connectivity index (χ4v) is 3.85. The molecule has 1 aromatic heterocycles. The van der Waals surface area contributed by atoms with Gasteiger partial charge >= 0.3 is 0 Å². The molecule has 2 aromatic carbocycles. The predicted molar refractivity (Wildman–Crippen MR) is 125 cm³/mol. The maximum atomic E-state index is 12.6. The van der Waals surface area contributed by atoms with Crippen LogP contribution in [0.2, 0.25) is 0 Å². The summed E-state index contributed by atoms with van der Waals surface area (Å²) in [6.45, 7) is 6.65. The van der Waals surface area contributed by atoms with Crippen molar-refractivity contribution in [2.24, 2.45) is 0 Å². The van der Waals surface area contributed by atoms with E-state index in [0.29, 0.717) is 23.8 Å². The molecule has 1 heterocycles. The summed E-state index contributed by atoms with van der Waals surface area (Å²) in [5.41, 5.74) is 4.53. The van der Waals surface area contributed by atoms with Gasteiger partial charge in [-0.15, -0.1) is 11.3 Å². The summed E-state index contributed by atoms with van der Waals surface area (Å²) >= 11 is 1.40. The Balaban J connectivity index is 1.59. The van der Waals surface area contributed by atoms with E-state index in [4.69, 9.17) is 4.74 Å². The van der Waals surface area contributed by atoms with Crippen molar-refractivity contribution in [1.82, 2.24) is 10.3 Å². The van der Waals surface area contributed by atoms with Crippen molar-refractivity contribution in [2.45, 2.75) is 33.6 Å². The summed E-state index contributed by atoms with van der Waals surface area (Å²) in [5, 5.41) is 8.18. The standard InChI is InChI=1S/C24H27N3O3S/c1-4-30-22-12-11-20(14-16(22)2)23(29)27-24-26-21(15-31-24)19-9-7-18(8-10-19)6-5-13-25-17(3)28/h7-12,14-15H,4-6,13H2,1-3H3,(H,25,28)(H,26,27,29). The molecule has 7 heteroatoms. The molecular weight excluding hydrogens is 410 g/mol. The van der Waals surface area contributed by atoms with Gasteiger partial charge in [0.25, 0.3) is 5.91 Å². The highest BCUT2D eigenvalue weighted by molar-refractivity contribution is 7.14. The van der Waals surface area contributed by atoms with Crippen molar-refractivity contribution in [2.75, 3.05) is 18.5 Å². The summed E-state index contributed by atoms with van der Waals surface area (Å²) in [6.07, 6.45) is 1.80. The predicted octanol–water partition coefficient (Wildman–Crippen LogP) is 4.84. The number of amides is 2. The average Bonchev–Trinajstić information content (AvgIpc) is 3.21. The van der Waals surface area contributed by atoms with Crippen LogP contribution in [-0.4, -0.2) is 29.9 Å². The van der Waals surface area contributed by atoms with Gasteiger partial charge in [-0.3, -0.25) is 14.9 Å². The SMILES string of the molecule is CCOc1ccc(C(=O)Nc2nc(-c3ccc(CCCNC(C)=O)cc3)cs2)cc1C. The van der Waals surface area contributed by atoms with Gasteiger partial charge in [0, 0.05) is 30.0 Å². The van der Waals surface area contributed by atoms with Gasteiger partial charge in [0.2, 0.25) is 5.91 Å². The molecule has 0 bridgehead atoms. The fourth-order valence-electron chi connectivity index (χ4n) is 3.14. The van der Waals surface area contributed by atoms with E-state index in [1.165, 1.54) is 23.8 Å². The lowest BCUT2D eigenvalue weighted by molar-refractivity contribution is -0.118. The highest BCUT2D eigenvalue weighted by Gasteiger charge is 2.12. The molecule has 3 aromatic rings. The monoisotopic (exact) mass is 437 g/mol. The van der Waals surface area contributed by atoms with Crippen molar-refractivity contribution < 1.29 is 14.3 Å². The molecule has 2 N–H and O–H groups in total. The maximum Gasteiger partial charge on any atom is 0.257 e. The number of aryl methyl sites for hydroxylation is 2. The Bertz CT molecular complexity index is 1040. The minimum absolute atomic E-state index is 0.000524. The average molecular weight is 438 g/mol. The molecule has 31 heavy (non-hydrogen) atoms. The van der Waals surface area contributed by atoms with Crippen molar-refractivity contribution in [3.05, 3.63) is 64.5 Å². The van der Waals surface area contributed by atoms with Gasteiger partial charge in [-0.2, -0.15) is 0 Å². The van der Waals surface area contributed by atoms with E-state index < -0.39 is 0 Å². The van der Waals surface area contributed by atoms with E-state index in [0.717, 1.165) is 35.4 Å². The van der Waals surface area contributed by atoms with Crippen LogP contribution in [-0.2, 0) is 11.2 Å². The fraction of sp³-hybridized carbons (Fsp3) is 0.292. The Labute approximate surface area is 186 Å². The highest BCUT2D eigenvalue weighted by atomic mass is 32.1. The van der Waals surface area contributed by atoms with E-state index in [9.17, 15) is 9.59 Å². The van der Waals surface area contributed by atoms with Gasteiger partial charge in [-0.25, -0.2) is 4.98 Å². The lowest BCUT2D eigenvalue weighted by atomic mass is 10.1. The summed E-state index contributed by atoms with van der Waals surface area (Å²) in [4.78, 5) is 28.0. The normalized spacial score (nSPS) is 10.5. The van der Waals surface area contributed by atoms with Gasteiger partial charge < -0.3 is 10.1 Å². The number of hydrogen-bond donors (Lipinski definition) is 2. The van der Waals surface area contributed by atoms with Crippen LogP contribution < -0.4 is 15.4 Å². The Hall–Kier alpha value is -3.19. The number of carbonyl (C=O) groups is 2. The molecule has 0 aliphatic carbocycles. The van der Waals surface area contributed by atoms with Gasteiger partial charge in [-0.05, 0) is 56.0 Å². The minimum Gasteiger partial charge on any atom is -0.494 e. The molecule has 0 unspecified atom stereocenters. The first-order valence-corrected chi connectivity index (χ1v) is 11.2. The van der Waals surface area contributed by atoms with Gasteiger partial charge in [0.1, 0.15) is 5.75 Å². The highest BCUT2D eigenvalue weighted by Crippen LogP contribution is 2.26. The number of aromatic nitrogens is 1.